The number of halogens is 3. The Morgan fingerprint density at radius 2 is 2.00 bits per heavy atom. The fourth-order valence-corrected chi connectivity index (χ4v) is 4.36. The monoisotopic (exact) mass is 464 g/mol. The Labute approximate surface area is 188 Å². The summed E-state index contributed by atoms with van der Waals surface area (Å²) in [5.41, 5.74) is 1.46. The number of amides is 1. The smallest absolute Gasteiger partial charge is 0.233 e. The molecule has 4 aromatic rings. The molecule has 0 aliphatic heterocycles. The molecule has 2 heterocycles. The van der Waals surface area contributed by atoms with E-state index in [9.17, 15) is 9.18 Å². The van der Waals surface area contributed by atoms with E-state index in [1.54, 1.807) is 35.6 Å². The van der Waals surface area contributed by atoms with Crippen molar-refractivity contribution in [3.63, 3.8) is 0 Å². The SMILES string of the molecule is Cl.O=C(Cc1ccc(F)cc1)N(CCCn1ccnc1)c1nc2c(Cl)cccc2s1. The van der Waals surface area contributed by atoms with Crippen molar-refractivity contribution in [2.75, 3.05) is 11.4 Å². The van der Waals surface area contributed by atoms with Crippen LogP contribution in [0.5, 0.6) is 0 Å². The van der Waals surface area contributed by atoms with Crippen molar-refractivity contribution in [1.29, 1.82) is 0 Å². The minimum atomic E-state index is -0.320. The van der Waals surface area contributed by atoms with Crippen molar-refractivity contribution in [3.8, 4) is 0 Å². The average Bonchev–Trinajstić information content (AvgIpc) is 3.37. The number of aromatic nitrogens is 3. The highest BCUT2D eigenvalue weighted by Crippen LogP contribution is 2.33. The van der Waals surface area contributed by atoms with Gasteiger partial charge in [-0.3, -0.25) is 9.69 Å². The maximum absolute atomic E-state index is 13.2. The normalized spacial score (nSPS) is 10.7. The summed E-state index contributed by atoms with van der Waals surface area (Å²) in [5.74, 6) is -0.406. The number of fused-ring (bicyclic) bond motifs is 1. The first-order valence-corrected chi connectivity index (χ1v) is 10.4. The summed E-state index contributed by atoms with van der Waals surface area (Å²) in [6, 6.07) is 11.6. The number of rotatable bonds is 7. The Morgan fingerprint density at radius 3 is 2.70 bits per heavy atom. The standard InChI is InChI=1S/C21H18ClFN4OS.ClH/c22-17-3-1-4-18-20(17)25-21(29-18)27(11-2-10-26-12-9-24-14-26)19(28)13-15-5-7-16(23)8-6-15;/h1,3-9,12,14H,2,10-11,13H2;1H. The largest absolute Gasteiger partial charge is 0.337 e. The van der Waals surface area contributed by atoms with E-state index >= 15 is 0 Å². The molecule has 9 heteroatoms. The van der Waals surface area contributed by atoms with Crippen LogP contribution in [0.2, 0.25) is 5.02 Å². The van der Waals surface area contributed by atoms with E-state index in [0.29, 0.717) is 22.2 Å². The molecule has 0 aliphatic rings. The van der Waals surface area contributed by atoms with Gasteiger partial charge in [-0.05, 0) is 36.2 Å². The zero-order chi connectivity index (χ0) is 20.2. The molecular weight excluding hydrogens is 446 g/mol. The highest BCUT2D eigenvalue weighted by Gasteiger charge is 2.20. The van der Waals surface area contributed by atoms with E-state index in [0.717, 1.165) is 23.2 Å². The minimum Gasteiger partial charge on any atom is -0.337 e. The molecular formula is C21H19Cl2FN4OS. The molecule has 0 radical (unpaired) electrons. The van der Waals surface area contributed by atoms with E-state index in [1.165, 1.54) is 23.5 Å². The Balaban J connectivity index is 0.00000256. The maximum Gasteiger partial charge on any atom is 0.233 e. The maximum atomic E-state index is 13.2. The van der Waals surface area contributed by atoms with Crippen LogP contribution in [0, 0.1) is 5.82 Å². The van der Waals surface area contributed by atoms with Crippen molar-refractivity contribution in [2.45, 2.75) is 19.4 Å². The summed E-state index contributed by atoms with van der Waals surface area (Å²) in [7, 11) is 0. The molecule has 0 unspecified atom stereocenters. The van der Waals surface area contributed by atoms with Gasteiger partial charge in [0.15, 0.2) is 5.13 Å². The van der Waals surface area contributed by atoms with E-state index in [2.05, 4.69) is 9.97 Å². The Morgan fingerprint density at radius 1 is 1.20 bits per heavy atom. The summed E-state index contributed by atoms with van der Waals surface area (Å²) in [6.07, 6.45) is 6.29. The second-order valence-corrected chi connectivity index (χ2v) is 8.00. The van der Waals surface area contributed by atoms with Gasteiger partial charge in [-0.1, -0.05) is 41.1 Å². The first-order chi connectivity index (χ1) is 14.1. The molecule has 1 amide bonds. The van der Waals surface area contributed by atoms with Crippen LogP contribution in [0.4, 0.5) is 9.52 Å². The van der Waals surface area contributed by atoms with Gasteiger partial charge >= 0.3 is 0 Å². The molecule has 0 N–H and O–H groups in total. The number of aryl methyl sites for hydroxylation is 1. The summed E-state index contributed by atoms with van der Waals surface area (Å²) >= 11 is 7.71. The van der Waals surface area contributed by atoms with E-state index in [4.69, 9.17) is 11.6 Å². The number of benzene rings is 2. The summed E-state index contributed by atoms with van der Waals surface area (Å²) in [4.78, 5) is 23.5. The lowest BCUT2D eigenvalue weighted by Gasteiger charge is -2.20. The molecule has 0 saturated heterocycles. The molecule has 2 aromatic heterocycles. The van der Waals surface area contributed by atoms with Crippen LogP contribution in [0.15, 0.2) is 61.2 Å². The predicted molar refractivity (Wildman–Crippen MR) is 121 cm³/mol. The molecule has 156 valence electrons. The molecule has 0 atom stereocenters. The third-order valence-electron chi connectivity index (χ3n) is 4.52. The van der Waals surface area contributed by atoms with Gasteiger partial charge < -0.3 is 4.57 Å². The molecule has 0 fully saturated rings. The van der Waals surface area contributed by atoms with E-state index < -0.39 is 0 Å². The molecule has 0 aliphatic carbocycles. The van der Waals surface area contributed by atoms with Crippen LogP contribution in [0.25, 0.3) is 10.2 Å². The quantitative estimate of drug-likeness (QED) is 0.369. The van der Waals surface area contributed by atoms with Crippen molar-refractivity contribution >= 4 is 56.6 Å². The van der Waals surface area contributed by atoms with Crippen LogP contribution in [-0.2, 0) is 17.8 Å². The Hall–Kier alpha value is -2.48. The van der Waals surface area contributed by atoms with Gasteiger partial charge in [-0.25, -0.2) is 14.4 Å². The molecule has 0 bridgehead atoms. The second-order valence-electron chi connectivity index (χ2n) is 6.59. The van der Waals surface area contributed by atoms with Gasteiger partial charge in [0, 0.05) is 25.5 Å². The topological polar surface area (TPSA) is 51.0 Å². The fourth-order valence-electron chi connectivity index (χ4n) is 3.05. The van der Waals surface area contributed by atoms with E-state index in [-0.39, 0.29) is 30.6 Å². The van der Waals surface area contributed by atoms with Crippen molar-refractivity contribution in [2.24, 2.45) is 0 Å². The van der Waals surface area contributed by atoms with Gasteiger partial charge in [-0.15, -0.1) is 12.4 Å². The number of hydrogen-bond donors (Lipinski definition) is 0. The first-order valence-electron chi connectivity index (χ1n) is 9.16. The van der Waals surface area contributed by atoms with Gasteiger partial charge in [0.2, 0.25) is 5.91 Å². The highest BCUT2D eigenvalue weighted by atomic mass is 35.5. The zero-order valence-corrected chi connectivity index (χ0v) is 18.3. The number of para-hydroxylation sites is 1. The van der Waals surface area contributed by atoms with Crippen LogP contribution < -0.4 is 4.90 Å². The van der Waals surface area contributed by atoms with Gasteiger partial charge in [0.25, 0.3) is 0 Å². The lowest BCUT2D eigenvalue weighted by Crippen LogP contribution is -2.33. The van der Waals surface area contributed by atoms with Gasteiger partial charge in [0.1, 0.15) is 11.3 Å². The summed E-state index contributed by atoms with van der Waals surface area (Å²) in [6.45, 7) is 1.25. The van der Waals surface area contributed by atoms with Gasteiger partial charge in [0.05, 0.1) is 22.5 Å². The van der Waals surface area contributed by atoms with Crippen molar-refractivity contribution in [3.05, 3.63) is 77.6 Å². The number of anilines is 1. The van der Waals surface area contributed by atoms with Gasteiger partial charge in [-0.2, -0.15) is 0 Å². The lowest BCUT2D eigenvalue weighted by atomic mass is 10.1. The summed E-state index contributed by atoms with van der Waals surface area (Å²) < 4.78 is 16.1. The number of hydrogen-bond acceptors (Lipinski definition) is 4. The second kappa shape index (κ2) is 10.0. The molecule has 2 aromatic carbocycles. The van der Waals surface area contributed by atoms with Crippen LogP contribution >= 0.6 is 35.3 Å². The third kappa shape index (κ3) is 5.16. The molecule has 4 rings (SSSR count). The third-order valence-corrected chi connectivity index (χ3v) is 5.86. The predicted octanol–water partition coefficient (Wildman–Crippen LogP) is 5.37. The fraction of sp³-hybridized carbons (Fsp3) is 0.190. The number of thiazole rings is 1. The van der Waals surface area contributed by atoms with Crippen LogP contribution in [0.3, 0.4) is 0 Å². The average molecular weight is 465 g/mol. The van der Waals surface area contributed by atoms with E-state index in [1.807, 2.05) is 22.9 Å². The van der Waals surface area contributed by atoms with Crippen LogP contribution in [-0.4, -0.2) is 27.0 Å². The molecule has 30 heavy (non-hydrogen) atoms. The Bertz CT molecular complexity index is 1120. The summed E-state index contributed by atoms with van der Waals surface area (Å²) in [5, 5.41) is 1.18. The number of nitrogens with zero attached hydrogens (tertiary/aromatic N) is 4. The first kappa shape index (κ1) is 22.2. The highest BCUT2D eigenvalue weighted by molar-refractivity contribution is 7.22. The Kier molecular flexibility index (Phi) is 7.42. The number of carbonyl (C=O) groups is 1. The molecule has 5 nitrogen and oxygen atoms in total. The molecule has 0 saturated carbocycles. The van der Waals surface area contributed by atoms with Crippen molar-refractivity contribution in [1.82, 2.24) is 14.5 Å². The minimum absolute atomic E-state index is 0. The van der Waals surface area contributed by atoms with Crippen molar-refractivity contribution < 1.29 is 9.18 Å². The van der Waals surface area contributed by atoms with Crippen LogP contribution in [0.1, 0.15) is 12.0 Å². The number of carbonyl (C=O) groups excluding carboxylic acids is 1. The zero-order valence-electron chi connectivity index (χ0n) is 15.9. The lowest BCUT2D eigenvalue weighted by molar-refractivity contribution is -0.118. The molecule has 0 spiro atoms. The number of imidazole rings is 1.